The minimum Gasteiger partial charge on any atom is -0.337 e. The van der Waals surface area contributed by atoms with E-state index in [1.165, 1.54) is 4.90 Å². The second-order valence-electron chi connectivity index (χ2n) is 7.48. The monoisotopic (exact) mass is 336 g/mol. The zero-order valence-corrected chi connectivity index (χ0v) is 14.7. The molecule has 2 saturated heterocycles. The first kappa shape index (κ1) is 17.2. The number of imide groups is 1. The van der Waals surface area contributed by atoms with Gasteiger partial charge in [-0.25, -0.2) is 4.79 Å². The molecule has 1 atom stereocenters. The van der Waals surface area contributed by atoms with Gasteiger partial charge in [0.25, 0.3) is 5.91 Å². The van der Waals surface area contributed by atoms with Crippen molar-refractivity contribution < 1.29 is 14.4 Å². The predicted octanol–water partition coefficient (Wildman–Crippen LogP) is 0.794. The first-order valence-electron chi connectivity index (χ1n) is 9.05. The number of piperazine rings is 1. The summed E-state index contributed by atoms with van der Waals surface area (Å²) in [6, 6.07) is -0.0722. The van der Waals surface area contributed by atoms with E-state index in [-0.39, 0.29) is 23.9 Å². The van der Waals surface area contributed by atoms with Crippen LogP contribution in [-0.4, -0.2) is 77.4 Å². The van der Waals surface area contributed by atoms with Crippen LogP contribution in [0.25, 0.3) is 0 Å². The standard InChI is InChI=1S/C17H28N4O3/c1-13-12-19(2)10-11-20(13)14(22)6-5-9-21-15(23)17(18-16(21)24)7-3-4-8-17/h13H,3-12H2,1-2H3,(H,18,24)/t13-/m1/s1. The molecule has 0 aromatic heterocycles. The van der Waals surface area contributed by atoms with Crippen LogP contribution in [0.5, 0.6) is 0 Å². The van der Waals surface area contributed by atoms with E-state index in [9.17, 15) is 14.4 Å². The molecule has 0 bridgehead atoms. The summed E-state index contributed by atoms with van der Waals surface area (Å²) in [6.45, 7) is 4.94. The lowest BCUT2D eigenvalue weighted by Crippen LogP contribution is -2.52. The fraction of sp³-hybridized carbons (Fsp3) is 0.824. The lowest BCUT2D eigenvalue weighted by Gasteiger charge is -2.38. The fourth-order valence-corrected chi connectivity index (χ4v) is 4.24. The van der Waals surface area contributed by atoms with E-state index in [2.05, 4.69) is 24.2 Å². The number of carbonyl (C=O) groups excluding carboxylic acids is 3. The molecule has 7 nitrogen and oxygen atoms in total. The van der Waals surface area contributed by atoms with Crippen molar-refractivity contribution >= 4 is 17.8 Å². The third-order valence-corrected chi connectivity index (χ3v) is 5.63. The Hall–Kier alpha value is -1.63. The molecule has 0 radical (unpaired) electrons. The molecule has 3 rings (SSSR count). The van der Waals surface area contributed by atoms with Crippen molar-refractivity contribution in [2.75, 3.05) is 33.2 Å². The van der Waals surface area contributed by atoms with E-state index in [4.69, 9.17) is 0 Å². The summed E-state index contributed by atoms with van der Waals surface area (Å²) in [4.78, 5) is 42.5. The van der Waals surface area contributed by atoms with Crippen molar-refractivity contribution in [3.63, 3.8) is 0 Å². The summed E-state index contributed by atoms with van der Waals surface area (Å²) in [6.07, 6.45) is 4.38. The molecule has 7 heteroatoms. The average molecular weight is 336 g/mol. The molecule has 2 aliphatic heterocycles. The van der Waals surface area contributed by atoms with Gasteiger partial charge in [0.2, 0.25) is 5.91 Å². The van der Waals surface area contributed by atoms with Crippen LogP contribution >= 0.6 is 0 Å². The molecule has 1 spiro atoms. The highest BCUT2D eigenvalue weighted by Crippen LogP contribution is 2.35. The van der Waals surface area contributed by atoms with Gasteiger partial charge in [-0.15, -0.1) is 0 Å². The summed E-state index contributed by atoms with van der Waals surface area (Å²) in [7, 11) is 2.06. The number of likely N-dealkylation sites (N-methyl/N-ethyl adjacent to an activating group) is 1. The molecule has 0 aromatic carbocycles. The maximum Gasteiger partial charge on any atom is 0.325 e. The Morgan fingerprint density at radius 2 is 1.96 bits per heavy atom. The number of nitrogens with zero attached hydrogens (tertiary/aromatic N) is 3. The van der Waals surface area contributed by atoms with Gasteiger partial charge < -0.3 is 15.1 Å². The number of amides is 4. The molecule has 0 unspecified atom stereocenters. The summed E-state index contributed by atoms with van der Waals surface area (Å²) < 4.78 is 0. The normalized spacial score (nSPS) is 27.2. The van der Waals surface area contributed by atoms with Gasteiger partial charge in [-0.2, -0.15) is 0 Å². The lowest BCUT2D eigenvalue weighted by molar-refractivity contribution is -0.136. The SMILES string of the molecule is C[C@@H]1CN(C)CCN1C(=O)CCCN1C(=O)NC2(CCCC2)C1=O. The molecule has 4 amide bonds. The van der Waals surface area contributed by atoms with Crippen molar-refractivity contribution in [1.29, 1.82) is 0 Å². The summed E-state index contributed by atoms with van der Waals surface area (Å²) in [5.74, 6) is 0.0312. The highest BCUT2D eigenvalue weighted by molar-refractivity contribution is 6.07. The van der Waals surface area contributed by atoms with Gasteiger partial charge in [0.05, 0.1) is 0 Å². The number of hydrogen-bond donors (Lipinski definition) is 1. The van der Waals surface area contributed by atoms with E-state index in [0.717, 1.165) is 45.3 Å². The van der Waals surface area contributed by atoms with Gasteiger partial charge in [-0.3, -0.25) is 14.5 Å². The number of urea groups is 1. The molecule has 0 aromatic rings. The molecule has 3 aliphatic rings. The molecule has 3 fully saturated rings. The van der Waals surface area contributed by atoms with Crippen molar-refractivity contribution in [3.05, 3.63) is 0 Å². The second-order valence-corrected chi connectivity index (χ2v) is 7.48. The molecule has 1 saturated carbocycles. The minimum absolute atomic E-state index is 0.0922. The highest BCUT2D eigenvalue weighted by atomic mass is 16.2. The van der Waals surface area contributed by atoms with E-state index in [1.54, 1.807) is 0 Å². The van der Waals surface area contributed by atoms with Crippen LogP contribution in [0.3, 0.4) is 0 Å². The van der Waals surface area contributed by atoms with Gasteiger partial charge in [0, 0.05) is 38.6 Å². The molecule has 24 heavy (non-hydrogen) atoms. The second kappa shape index (κ2) is 6.70. The van der Waals surface area contributed by atoms with Crippen molar-refractivity contribution in [3.8, 4) is 0 Å². The molecule has 1 aliphatic carbocycles. The van der Waals surface area contributed by atoms with Crippen LogP contribution in [0.1, 0.15) is 45.4 Å². The average Bonchev–Trinajstić information content (AvgIpc) is 3.08. The Kier molecular flexibility index (Phi) is 4.80. The summed E-state index contributed by atoms with van der Waals surface area (Å²) >= 11 is 0. The zero-order valence-electron chi connectivity index (χ0n) is 14.7. The summed E-state index contributed by atoms with van der Waals surface area (Å²) in [5, 5.41) is 2.88. The van der Waals surface area contributed by atoms with E-state index < -0.39 is 5.54 Å². The highest BCUT2D eigenvalue weighted by Gasteiger charge is 2.52. The number of nitrogens with one attached hydrogen (secondary N) is 1. The maximum atomic E-state index is 12.5. The number of hydrogen-bond acceptors (Lipinski definition) is 4. The van der Waals surface area contributed by atoms with E-state index >= 15 is 0 Å². The smallest absolute Gasteiger partial charge is 0.325 e. The zero-order chi connectivity index (χ0) is 17.3. The van der Waals surface area contributed by atoms with Crippen molar-refractivity contribution in [1.82, 2.24) is 20.0 Å². The van der Waals surface area contributed by atoms with Gasteiger partial charge in [-0.1, -0.05) is 12.8 Å². The van der Waals surface area contributed by atoms with Crippen LogP contribution < -0.4 is 5.32 Å². The largest absolute Gasteiger partial charge is 0.337 e. The minimum atomic E-state index is -0.646. The van der Waals surface area contributed by atoms with Gasteiger partial charge in [-0.05, 0) is 33.2 Å². The first-order chi connectivity index (χ1) is 11.4. The van der Waals surface area contributed by atoms with Crippen LogP contribution in [0.4, 0.5) is 4.79 Å². The fourth-order valence-electron chi connectivity index (χ4n) is 4.24. The molecule has 134 valence electrons. The number of carbonyl (C=O) groups is 3. The lowest BCUT2D eigenvalue weighted by atomic mass is 9.98. The molecule has 1 N–H and O–H groups in total. The Balaban J connectivity index is 1.49. The molecular formula is C17H28N4O3. The third-order valence-electron chi connectivity index (χ3n) is 5.63. The van der Waals surface area contributed by atoms with Gasteiger partial charge in [0.15, 0.2) is 0 Å². The van der Waals surface area contributed by atoms with Crippen LogP contribution in [0, 0.1) is 0 Å². The third kappa shape index (κ3) is 3.14. The Morgan fingerprint density at radius 1 is 1.25 bits per heavy atom. The van der Waals surface area contributed by atoms with Gasteiger partial charge >= 0.3 is 6.03 Å². The Morgan fingerprint density at radius 3 is 2.62 bits per heavy atom. The Labute approximate surface area is 143 Å². The quantitative estimate of drug-likeness (QED) is 0.771. The van der Waals surface area contributed by atoms with Crippen LogP contribution in [0.2, 0.25) is 0 Å². The van der Waals surface area contributed by atoms with E-state index in [0.29, 0.717) is 19.4 Å². The maximum absolute atomic E-state index is 12.5. The predicted molar refractivity (Wildman–Crippen MR) is 89.3 cm³/mol. The van der Waals surface area contributed by atoms with Crippen molar-refractivity contribution in [2.45, 2.75) is 57.0 Å². The Bertz CT molecular complexity index is 530. The first-order valence-corrected chi connectivity index (χ1v) is 9.05. The molecule has 2 heterocycles. The van der Waals surface area contributed by atoms with Gasteiger partial charge in [0.1, 0.15) is 5.54 Å². The summed E-state index contributed by atoms with van der Waals surface area (Å²) in [5.41, 5.74) is -0.646. The van der Waals surface area contributed by atoms with Crippen LogP contribution in [0.15, 0.2) is 0 Å². The topological polar surface area (TPSA) is 73.0 Å². The van der Waals surface area contributed by atoms with E-state index in [1.807, 2.05) is 4.90 Å². The molecular weight excluding hydrogens is 308 g/mol. The number of rotatable bonds is 4. The van der Waals surface area contributed by atoms with Crippen molar-refractivity contribution in [2.24, 2.45) is 0 Å². The van der Waals surface area contributed by atoms with Crippen LogP contribution in [-0.2, 0) is 9.59 Å².